The normalized spacial score (nSPS) is 19.3. The SMILES string of the molecule is O=C(Cl)C1CCc2c(sc3nc(Cl)ncc23)C1. The highest BCUT2D eigenvalue weighted by Gasteiger charge is 2.26. The molecule has 0 aromatic carbocycles. The zero-order chi connectivity index (χ0) is 12.0. The summed E-state index contributed by atoms with van der Waals surface area (Å²) in [6, 6.07) is 0. The van der Waals surface area contributed by atoms with Gasteiger partial charge in [-0.2, -0.15) is 0 Å². The summed E-state index contributed by atoms with van der Waals surface area (Å²) >= 11 is 12.9. The average molecular weight is 287 g/mol. The fraction of sp³-hybridized carbons (Fsp3) is 0.364. The smallest absolute Gasteiger partial charge is 0.225 e. The monoisotopic (exact) mass is 286 g/mol. The van der Waals surface area contributed by atoms with Crippen LogP contribution >= 0.6 is 34.5 Å². The molecule has 6 heteroatoms. The Morgan fingerprint density at radius 2 is 2.35 bits per heavy atom. The van der Waals surface area contributed by atoms with Crippen molar-refractivity contribution in [3.63, 3.8) is 0 Å². The number of nitrogens with zero attached hydrogens (tertiary/aromatic N) is 2. The standard InChI is InChI=1S/C11H8Cl2N2OS/c12-9(16)5-1-2-6-7-4-14-11(13)15-10(7)17-8(6)3-5/h4-5H,1-3H2. The van der Waals surface area contributed by atoms with E-state index in [9.17, 15) is 4.79 Å². The van der Waals surface area contributed by atoms with Gasteiger partial charge >= 0.3 is 0 Å². The van der Waals surface area contributed by atoms with Gasteiger partial charge in [-0.3, -0.25) is 4.79 Å². The van der Waals surface area contributed by atoms with Crippen LogP contribution in [0.5, 0.6) is 0 Å². The van der Waals surface area contributed by atoms with Crippen LogP contribution in [0.25, 0.3) is 10.2 Å². The van der Waals surface area contributed by atoms with Crippen molar-refractivity contribution >= 4 is 50.0 Å². The van der Waals surface area contributed by atoms with Gasteiger partial charge in [-0.25, -0.2) is 9.97 Å². The van der Waals surface area contributed by atoms with Gasteiger partial charge in [0.15, 0.2) is 0 Å². The van der Waals surface area contributed by atoms with E-state index in [2.05, 4.69) is 9.97 Å². The second-order valence-corrected chi connectivity index (χ2v) is 5.90. The molecule has 0 bridgehead atoms. The van der Waals surface area contributed by atoms with Gasteiger partial charge < -0.3 is 0 Å². The number of hydrogen-bond acceptors (Lipinski definition) is 4. The van der Waals surface area contributed by atoms with E-state index in [4.69, 9.17) is 23.2 Å². The number of aryl methyl sites for hydroxylation is 1. The highest BCUT2D eigenvalue weighted by atomic mass is 35.5. The third kappa shape index (κ3) is 1.94. The molecule has 0 N–H and O–H groups in total. The quantitative estimate of drug-likeness (QED) is 0.597. The Hall–Kier alpha value is -0.710. The lowest BCUT2D eigenvalue weighted by Gasteiger charge is -2.18. The first-order chi connectivity index (χ1) is 8.15. The van der Waals surface area contributed by atoms with Gasteiger partial charge in [0, 0.05) is 22.4 Å². The minimum Gasteiger partial charge on any atom is -0.281 e. The van der Waals surface area contributed by atoms with E-state index < -0.39 is 0 Å². The maximum Gasteiger partial charge on any atom is 0.225 e. The van der Waals surface area contributed by atoms with Crippen molar-refractivity contribution in [2.45, 2.75) is 19.3 Å². The van der Waals surface area contributed by atoms with E-state index >= 15 is 0 Å². The molecule has 17 heavy (non-hydrogen) atoms. The van der Waals surface area contributed by atoms with Crippen LogP contribution in [0.1, 0.15) is 16.9 Å². The van der Waals surface area contributed by atoms with Crippen LogP contribution in [0.2, 0.25) is 5.28 Å². The molecular weight excluding hydrogens is 279 g/mol. The zero-order valence-electron chi connectivity index (χ0n) is 8.74. The van der Waals surface area contributed by atoms with Crippen LogP contribution in [0, 0.1) is 5.92 Å². The predicted octanol–water partition coefficient (Wildman–Crippen LogP) is 3.22. The topological polar surface area (TPSA) is 42.9 Å². The third-order valence-corrected chi connectivity index (χ3v) is 4.76. The molecule has 1 atom stereocenters. The van der Waals surface area contributed by atoms with E-state index in [1.807, 2.05) is 0 Å². The summed E-state index contributed by atoms with van der Waals surface area (Å²) in [7, 11) is 0. The van der Waals surface area contributed by atoms with E-state index in [0.717, 1.165) is 29.5 Å². The molecule has 0 radical (unpaired) electrons. The van der Waals surface area contributed by atoms with Crippen molar-refractivity contribution in [1.82, 2.24) is 9.97 Å². The van der Waals surface area contributed by atoms with Gasteiger partial charge in [0.05, 0.1) is 0 Å². The highest BCUT2D eigenvalue weighted by molar-refractivity contribution is 7.18. The summed E-state index contributed by atoms with van der Waals surface area (Å²) in [6.07, 6.45) is 4.16. The van der Waals surface area contributed by atoms with E-state index in [0.29, 0.717) is 0 Å². The zero-order valence-corrected chi connectivity index (χ0v) is 11.1. The van der Waals surface area contributed by atoms with Crippen LogP contribution in [0.15, 0.2) is 6.20 Å². The number of halogens is 2. The maximum absolute atomic E-state index is 11.2. The second-order valence-electron chi connectivity index (χ2n) is 4.11. The van der Waals surface area contributed by atoms with Gasteiger partial charge in [-0.15, -0.1) is 11.3 Å². The first-order valence-corrected chi connectivity index (χ1v) is 6.84. The Morgan fingerprint density at radius 1 is 1.53 bits per heavy atom. The van der Waals surface area contributed by atoms with Crippen LogP contribution in [0.3, 0.4) is 0 Å². The van der Waals surface area contributed by atoms with Crippen molar-refractivity contribution in [2.24, 2.45) is 5.92 Å². The lowest BCUT2D eigenvalue weighted by atomic mass is 9.89. The minimum absolute atomic E-state index is 0.0549. The number of hydrogen-bond donors (Lipinski definition) is 0. The van der Waals surface area contributed by atoms with E-state index in [1.165, 1.54) is 10.4 Å². The summed E-state index contributed by atoms with van der Waals surface area (Å²) in [5.74, 6) is -0.0549. The van der Waals surface area contributed by atoms with E-state index in [-0.39, 0.29) is 16.4 Å². The molecule has 3 rings (SSSR count). The molecule has 0 saturated heterocycles. The summed E-state index contributed by atoms with van der Waals surface area (Å²) in [6.45, 7) is 0. The van der Waals surface area contributed by atoms with Gasteiger partial charge in [0.25, 0.3) is 0 Å². The molecule has 0 fully saturated rings. The largest absolute Gasteiger partial charge is 0.281 e. The van der Waals surface area contributed by atoms with Crippen molar-refractivity contribution in [3.8, 4) is 0 Å². The third-order valence-electron chi connectivity index (χ3n) is 3.10. The number of carbonyl (C=O) groups excluding carboxylic acids is 1. The lowest BCUT2D eigenvalue weighted by molar-refractivity contribution is -0.115. The molecule has 1 aliphatic carbocycles. The van der Waals surface area contributed by atoms with Gasteiger partial charge in [-0.05, 0) is 48.0 Å². The number of rotatable bonds is 1. The summed E-state index contributed by atoms with van der Waals surface area (Å²) < 4.78 is 0. The Bertz CT molecular complexity index is 611. The Balaban J connectivity index is 2.09. The molecule has 1 aliphatic rings. The van der Waals surface area contributed by atoms with Crippen molar-refractivity contribution in [3.05, 3.63) is 21.9 Å². The van der Waals surface area contributed by atoms with Gasteiger partial charge in [0.1, 0.15) is 4.83 Å². The summed E-state index contributed by atoms with van der Waals surface area (Å²) in [5.41, 5.74) is 1.26. The first-order valence-electron chi connectivity index (χ1n) is 5.27. The molecule has 2 heterocycles. The van der Waals surface area contributed by atoms with Gasteiger partial charge in [-0.1, -0.05) is 0 Å². The number of aromatic nitrogens is 2. The number of fused-ring (bicyclic) bond motifs is 3. The van der Waals surface area contributed by atoms with E-state index in [1.54, 1.807) is 17.5 Å². The lowest BCUT2D eigenvalue weighted by Crippen LogP contribution is -2.17. The second kappa shape index (κ2) is 4.19. The predicted molar refractivity (Wildman–Crippen MR) is 68.8 cm³/mol. The van der Waals surface area contributed by atoms with Crippen molar-refractivity contribution in [2.75, 3.05) is 0 Å². The average Bonchev–Trinajstić information content (AvgIpc) is 2.64. The Labute approximate surface area is 112 Å². The van der Waals surface area contributed by atoms with Gasteiger partial charge in [0.2, 0.25) is 10.5 Å². The first kappa shape index (κ1) is 11.4. The van der Waals surface area contributed by atoms with Crippen LogP contribution in [-0.4, -0.2) is 15.2 Å². The maximum atomic E-state index is 11.2. The molecule has 2 aromatic heterocycles. The summed E-state index contributed by atoms with van der Waals surface area (Å²) in [4.78, 5) is 21.5. The highest BCUT2D eigenvalue weighted by Crippen LogP contribution is 2.37. The van der Waals surface area contributed by atoms with Crippen molar-refractivity contribution < 1.29 is 4.79 Å². The molecule has 88 valence electrons. The molecule has 0 saturated carbocycles. The molecule has 0 spiro atoms. The molecule has 3 nitrogen and oxygen atoms in total. The van der Waals surface area contributed by atoms with Crippen LogP contribution < -0.4 is 0 Å². The molecular formula is C11H8Cl2N2OS. The fourth-order valence-electron chi connectivity index (χ4n) is 2.24. The molecule has 2 aromatic rings. The van der Waals surface area contributed by atoms with Crippen LogP contribution in [0.4, 0.5) is 0 Å². The molecule has 1 unspecified atom stereocenters. The number of carbonyl (C=O) groups is 1. The molecule has 0 amide bonds. The Kier molecular flexibility index (Phi) is 2.81. The van der Waals surface area contributed by atoms with Crippen molar-refractivity contribution in [1.29, 1.82) is 0 Å². The summed E-state index contributed by atoms with van der Waals surface area (Å²) in [5, 5.41) is 1.09. The molecule has 0 aliphatic heterocycles. The Morgan fingerprint density at radius 3 is 3.12 bits per heavy atom. The minimum atomic E-state index is -0.239. The van der Waals surface area contributed by atoms with Crippen LogP contribution in [-0.2, 0) is 17.6 Å². The fourth-order valence-corrected chi connectivity index (χ4v) is 3.88. The number of thiophene rings is 1.